The van der Waals surface area contributed by atoms with Crippen molar-refractivity contribution in [1.29, 1.82) is 0 Å². The van der Waals surface area contributed by atoms with Gasteiger partial charge >= 0.3 is 0 Å². The summed E-state index contributed by atoms with van der Waals surface area (Å²) in [5, 5.41) is 3.26. The molecule has 0 spiro atoms. The third-order valence-corrected chi connectivity index (χ3v) is 3.11. The van der Waals surface area contributed by atoms with Gasteiger partial charge in [0.2, 0.25) is 0 Å². The van der Waals surface area contributed by atoms with Gasteiger partial charge in [-0.1, -0.05) is 13.8 Å². The Labute approximate surface area is 120 Å². The number of imidazole rings is 1. The lowest BCUT2D eigenvalue weighted by Gasteiger charge is -2.09. The third-order valence-electron chi connectivity index (χ3n) is 3.11. The fourth-order valence-electron chi connectivity index (χ4n) is 2.19. The Bertz CT molecular complexity index is 547. The summed E-state index contributed by atoms with van der Waals surface area (Å²) < 4.78 is 2.20. The van der Waals surface area contributed by atoms with Crippen molar-refractivity contribution in [1.82, 2.24) is 19.5 Å². The van der Waals surface area contributed by atoms with Gasteiger partial charge in [-0.3, -0.25) is 0 Å². The van der Waals surface area contributed by atoms with Crippen molar-refractivity contribution in [3.05, 3.63) is 35.8 Å². The van der Waals surface area contributed by atoms with Crippen LogP contribution in [0.15, 0.2) is 18.5 Å². The summed E-state index contributed by atoms with van der Waals surface area (Å²) in [6.07, 6.45) is 6.59. The molecule has 1 N–H and O–H groups in total. The molecule has 2 rings (SSSR count). The molecule has 0 unspecified atom stereocenters. The minimum atomic E-state index is 0.751. The molecule has 0 atom stereocenters. The van der Waals surface area contributed by atoms with Gasteiger partial charge in [0.1, 0.15) is 17.5 Å². The molecule has 0 aliphatic heterocycles. The summed E-state index contributed by atoms with van der Waals surface area (Å²) in [5.74, 6) is 2.85. The SMILES string of the molecule is CCCn1ccnc1Cc1cc(NCC)nc(CC)n1. The highest BCUT2D eigenvalue weighted by molar-refractivity contribution is 5.36. The predicted molar refractivity (Wildman–Crippen MR) is 80.9 cm³/mol. The number of hydrogen-bond acceptors (Lipinski definition) is 4. The zero-order valence-electron chi connectivity index (χ0n) is 12.6. The topological polar surface area (TPSA) is 55.6 Å². The van der Waals surface area contributed by atoms with Crippen LogP contribution in [0, 0.1) is 0 Å². The van der Waals surface area contributed by atoms with Gasteiger partial charge in [-0.25, -0.2) is 15.0 Å². The number of aromatic nitrogens is 4. The second-order valence-electron chi connectivity index (χ2n) is 4.76. The molecule has 2 aromatic rings. The molecule has 0 saturated heterocycles. The van der Waals surface area contributed by atoms with Crippen LogP contribution in [0.4, 0.5) is 5.82 Å². The molecule has 20 heavy (non-hydrogen) atoms. The largest absolute Gasteiger partial charge is 0.370 e. The average Bonchev–Trinajstić information content (AvgIpc) is 2.86. The van der Waals surface area contributed by atoms with Crippen molar-refractivity contribution in [3.63, 3.8) is 0 Å². The van der Waals surface area contributed by atoms with E-state index in [0.717, 1.165) is 55.5 Å². The van der Waals surface area contributed by atoms with Crippen molar-refractivity contribution < 1.29 is 0 Å². The van der Waals surface area contributed by atoms with Gasteiger partial charge in [0.05, 0.1) is 5.69 Å². The fourth-order valence-corrected chi connectivity index (χ4v) is 2.19. The van der Waals surface area contributed by atoms with Gasteiger partial charge in [-0.15, -0.1) is 0 Å². The average molecular weight is 273 g/mol. The number of anilines is 1. The van der Waals surface area contributed by atoms with Crippen LogP contribution in [0.2, 0.25) is 0 Å². The fraction of sp³-hybridized carbons (Fsp3) is 0.533. The first-order valence-corrected chi connectivity index (χ1v) is 7.37. The van der Waals surface area contributed by atoms with E-state index in [2.05, 4.69) is 45.6 Å². The number of hydrogen-bond donors (Lipinski definition) is 1. The lowest BCUT2D eigenvalue weighted by Crippen LogP contribution is -2.08. The minimum Gasteiger partial charge on any atom is -0.370 e. The molecule has 2 aromatic heterocycles. The quantitative estimate of drug-likeness (QED) is 0.842. The van der Waals surface area contributed by atoms with Crippen LogP contribution in [0.25, 0.3) is 0 Å². The highest BCUT2D eigenvalue weighted by Gasteiger charge is 2.08. The monoisotopic (exact) mass is 273 g/mol. The maximum Gasteiger partial charge on any atom is 0.130 e. The van der Waals surface area contributed by atoms with Gasteiger partial charge in [0.25, 0.3) is 0 Å². The molecule has 0 amide bonds. The Balaban J connectivity index is 2.23. The van der Waals surface area contributed by atoms with Crippen molar-refractivity contribution >= 4 is 5.82 Å². The molecule has 5 nitrogen and oxygen atoms in total. The van der Waals surface area contributed by atoms with Crippen LogP contribution in [0.3, 0.4) is 0 Å². The Hall–Kier alpha value is -1.91. The molecule has 0 aromatic carbocycles. The van der Waals surface area contributed by atoms with Gasteiger partial charge in [0, 0.05) is 44.4 Å². The van der Waals surface area contributed by atoms with Crippen LogP contribution in [-0.2, 0) is 19.4 Å². The smallest absolute Gasteiger partial charge is 0.130 e. The molecule has 2 heterocycles. The van der Waals surface area contributed by atoms with Crippen LogP contribution in [0.1, 0.15) is 44.5 Å². The molecular weight excluding hydrogens is 250 g/mol. The second kappa shape index (κ2) is 7.03. The number of rotatable bonds is 7. The molecule has 0 bridgehead atoms. The normalized spacial score (nSPS) is 10.8. The van der Waals surface area contributed by atoms with Crippen molar-refractivity contribution in [2.45, 2.75) is 46.6 Å². The van der Waals surface area contributed by atoms with Crippen LogP contribution in [-0.4, -0.2) is 26.1 Å². The molecule has 0 aliphatic carbocycles. The van der Waals surface area contributed by atoms with E-state index >= 15 is 0 Å². The van der Waals surface area contributed by atoms with Gasteiger partial charge in [-0.2, -0.15) is 0 Å². The van der Waals surface area contributed by atoms with Gasteiger partial charge in [-0.05, 0) is 13.3 Å². The second-order valence-corrected chi connectivity index (χ2v) is 4.76. The standard InChI is InChI=1S/C15H23N5/c1-4-8-20-9-7-17-15(20)11-12-10-14(16-6-3)19-13(5-2)18-12/h7,9-10H,4-6,8,11H2,1-3H3,(H,16,18,19). The highest BCUT2D eigenvalue weighted by Crippen LogP contribution is 2.12. The van der Waals surface area contributed by atoms with E-state index in [9.17, 15) is 0 Å². The first-order chi connectivity index (χ1) is 9.76. The molecular formula is C15H23N5. The predicted octanol–water partition coefficient (Wildman–Crippen LogP) is 2.67. The minimum absolute atomic E-state index is 0.751. The zero-order valence-corrected chi connectivity index (χ0v) is 12.6. The molecule has 0 radical (unpaired) electrons. The van der Waals surface area contributed by atoms with E-state index in [0.29, 0.717) is 0 Å². The summed E-state index contributed by atoms with van der Waals surface area (Å²) in [6, 6.07) is 2.02. The number of nitrogens with zero attached hydrogens (tertiary/aromatic N) is 4. The molecule has 0 saturated carbocycles. The maximum absolute atomic E-state index is 4.61. The Morgan fingerprint density at radius 3 is 2.75 bits per heavy atom. The first-order valence-electron chi connectivity index (χ1n) is 7.37. The van der Waals surface area contributed by atoms with Gasteiger partial charge < -0.3 is 9.88 Å². The van der Waals surface area contributed by atoms with E-state index in [1.165, 1.54) is 0 Å². The zero-order chi connectivity index (χ0) is 14.4. The Kier molecular flexibility index (Phi) is 5.09. The van der Waals surface area contributed by atoms with Crippen molar-refractivity contribution in [2.24, 2.45) is 0 Å². The van der Waals surface area contributed by atoms with Crippen LogP contribution >= 0.6 is 0 Å². The lowest BCUT2D eigenvalue weighted by molar-refractivity contribution is 0.644. The molecule has 5 heteroatoms. The maximum atomic E-state index is 4.61. The summed E-state index contributed by atoms with van der Waals surface area (Å²) in [7, 11) is 0. The summed E-state index contributed by atoms with van der Waals surface area (Å²) in [4.78, 5) is 13.5. The van der Waals surface area contributed by atoms with E-state index in [1.54, 1.807) is 0 Å². The molecule has 0 fully saturated rings. The van der Waals surface area contributed by atoms with E-state index in [4.69, 9.17) is 0 Å². The van der Waals surface area contributed by atoms with E-state index < -0.39 is 0 Å². The van der Waals surface area contributed by atoms with Crippen LogP contribution < -0.4 is 5.32 Å². The lowest BCUT2D eigenvalue weighted by atomic mass is 10.2. The Morgan fingerprint density at radius 2 is 2.05 bits per heavy atom. The summed E-state index contributed by atoms with van der Waals surface area (Å²) in [5.41, 5.74) is 1.02. The summed E-state index contributed by atoms with van der Waals surface area (Å²) in [6.45, 7) is 8.19. The molecule has 0 aliphatic rings. The molecule has 108 valence electrons. The summed E-state index contributed by atoms with van der Waals surface area (Å²) >= 11 is 0. The Morgan fingerprint density at radius 1 is 1.20 bits per heavy atom. The van der Waals surface area contributed by atoms with Crippen LogP contribution in [0.5, 0.6) is 0 Å². The van der Waals surface area contributed by atoms with Crippen molar-refractivity contribution in [3.8, 4) is 0 Å². The highest BCUT2D eigenvalue weighted by atomic mass is 15.1. The number of nitrogens with one attached hydrogen (secondary N) is 1. The third kappa shape index (κ3) is 3.56. The van der Waals surface area contributed by atoms with Crippen molar-refractivity contribution in [2.75, 3.05) is 11.9 Å². The van der Waals surface area contributed by atoms with E-state index in [1.807, 2.05) is 18.5 Å². The number of aryl methyl sites for hydroxylation is 2. The van der Waals surface area contributed by atoms with Gasteiger partial charge in [0.15, 0.2) is 0 Å². The van der Waals surface area contributed by atoms with E-state index in [-0.39, 0.29) is 0 Å². The first kappa shape index (κ1) is 14.5.